The van der Waals surface area contributed by atoms with Gasteiger partial charge < -0.3 is 5.32 Å². The minimum Gasteiger partial charge on any atom is -0.326 e. The van der Waals surface area contributed by atoms with Crippen molar-refractivity contribution >= 4 is 27.2 Å². The summed E-state index contributed by atoms with van der Waals surface area (Å²) in [7, 11) is -3.25. The van der Waals surface area contributed by atoms with Gasteiger partial charge >= 0.3 is 0 Å². The van der Waals surface area contributed by atoms with Crippen molar-refractivity contribution in [1.82, 2.24) is 4.72 Å². The van der Waals surface area contributed by atoms with Crippen LogP contribution in [0.5, 0.6) is 0 Å². The van der Waals surface area contributed by atoms with Crippen LogP contribution >= 0.6 is 0 Å². The van der Waals surface area contributed by atoms with Gasteiger partial charge in [-0.05, 0) is 53.7 Å². The summed E-state index contributed by atoms with van der Waals surface area (Å²) in [5, 5.41) is 2.80. The maximum atomic E-state index is 12.1. The van der Waals surface area contributed by atoms with Gasteiger partial charge in [0.25, 0.3) is 0 Å². The summed E-state index contributed by atoms with van der Waals surface area (Å²) < 4.78 is 27.1. The first-order valence-corrected chi connectivity index (χ1v) is 11.2. The molecule has 2 aromatic carbocycles. The molecule has 1 aliphatic rings. The smallest absolute Gasteiger partial charge is 0.221 e. The van der Waals surface area contributed by atoms with E-state index in [4.69, 9.17) is 0 Å². The highest BCUT2D eigenvalue weighted by atomic mass is 32.2. The number of amides is 1. The number of sulfonamides is 1. The monoisotopic (exact) mass is 398 g/mol. The van der Waals surface area contributed by atoms with Gasteiger partial charge in [0, 0.05) is 18.7 Å². The highest BCUT2D eigenvalue weighted by molar-refractivity contribution is 7.89. The molecule has 1 atom stereocenters. The number of hydrogen-bond acceptors (Lipinski definition) is 3. The quantitative estimate of drug-likeness (QED) is 0.734. The number of benzene rings is 2. The Morgan fingerprint density at radius 1 is 1.07 bits per heavy atom. The van der Waals surface area contributed by atoms with E-state index in [9.17, 15) is 13.2 Å². The molecule has 0 radical (unpaired) electrons. The fourth-order valence-electron chi connectivity index (χ4n) is 3.52. The molecule has 0 spiro atoms. The Balaban J connectivity index is 1.78. The Morgan fingerprint density at radius 2 is 1.79 bits per heavy atom. The predicted octanol–water partition coefficient (Wildman–Crippen LogP) is 4.19. The number of anilines is 1. The van der Waals surface area contributed by atoms with Gasteiger partial charge in [0.15, 0.2) is 0 Å². The minimum absolute atomic E-state index is 0.0998. The van der Waals surface area contributed by atoms with Crippen LogP contribution in [0.2, 0.25) is 0 Å². The Hall–Kier alpha value is -2.44. The fourth-order valence-corrected chi connectivity index (χ4v) is 4.86. The predicted molar refractivity (Wildman–Crippen MR) is 114 cm³/mol. The first-order chi connectivity index (χ1) is 13.4. The molecule has 0 aromatic heterocycles. The normalized spacial score (nSPS) is 16.6. The van der Waals surface area contributed by atoms with Crippen molar-refractivity contribution in [1.29, 1.82) is 0 Å². The van der Waals surface area contributed by atoms with Crippen molar-refractivity contribution in [2.75, 3.05) is 11.1 Å². The first kappa shape index (κ1) is 20.3. The van der Waals surface area contributed by atoms with Crippen molar-refractivity contribution < 1.29 is 13.2 Å². The molecule has 148 valence electrons. The van der Waals surface area contributed by atoms with Crippen LogP contribution in [-0.2, 0) is 14.8 Å². The molecule has 0 saturated carbocycles. The SMILES string of the molecule is CCCS(=O)(=O)NC1CCC=C1c1ccc(-c2cccc(NC(C)=O)c2)cc1. The zero-order valence-electron chi connectivity index (χ0n) is 16.2. The van der Waals surface area contributed by atoms with Crippen LogP contribution in [0.3, 0.4) is 0 Å². The first-order valence-electron chi connectivity index (χ1n) is 9.56. The van der Waals surface area contributed by atoms with E-state index in [2.05, 4.69) is 16.1 Å². The van der Waals surface area contributed by atoms with Crippen LogP contribution in [0, 0.1) is 0 Å². The lowest BCUT2D eigenvalue weighted by Crippen LogP contribution is -2.35. The molecule has 0 aliphatic heterocycles. The Bertz CT molecular complexity index is 979. The third-order valence-corrected chi connectivity index (χ3v) is 6.31. The molecule has 0 saturated heterocycles. The summed E-state index contributed by atoms with van der Waals surface area (Å²) in [5.74, 6) is 0.0533. The number of carbonyl (C=O) groups excluding carboxylic acids is 1. The van der Waals surface area contributed by atoms with E-state index >= 15 is 0 Å². The standard InChI is InChI=1S/C22H26N2O3S/c1-3-14-28(26,27)24-22-9-5-8-21(22)18-12-10-17(11-13-18)19-6-4-7-20(15-19)23-16(2)25/h4,6-8,10-13,15,22,24H,3,5,9,14H2,1-2H3,(H,23,25). The Morgan fingerprint density at radius 3 is 2.46 bits per heavy atom. The largest absolute Gasteiger partial charge is 0.326 e. The topological polar surface area (TPSA) is 75.3 Å². The van der Waals surface area contributed by atoms with Crippen LogP contribution in [0.1, 0.15) is 38.7 Å². The van der Waals surface area contributed by atoms with Gasteiger partial charge in [-0.3, -0.25) is 4.79 Å². The Labute approximate surface area is 166 Å². The van der Waals surface area contributed by atoms with Gasteiger partial charge in [-0.15, -0.1) is 0 Å². The lowest BCUT2D eigenvalue weighted by Gasteiger charge is -2.17. The lowest BCUT2D eigenvalue weighted by molar-refractivity contribution is -0.114. The van der Waals surface area contributed by atoms with Crippen LogP contribution in [0.25, 0.3) is 16.7 Å². The zero-order chi connectivity index (χ0) is 20.1. The van der Waals surface area contributed by atoms with Gasteiger partial charge in [-0.25, -0.2) is 13.1 Å². The van der Waals surface area contributed by atoms with Crippen LogP contribution < -0.4 is 10.0 Å². The molecular weight excluding hydrogens is 372 g/mol. The molecule has 3 rings (SSSR count). The van der Waals surface area contributed by atoms with Crippen molar-refractivity contribution in [3.8, 4) is 11.1 Å². The number of nitrogens with one attached hydrogen (secondary N) is 2. The molecule has 2 N–H and O–H groups in total. The summed E-state index contributed by atoms with van der Waals surface area (Å²) in [6.07, 6.45) is 4.38. The van der Waals surface area contributed by atoms with E-state index < -0.39 is 10.0 Å². The lowest BCUT2D eigenvalue weighted by atomic mass is 9.98. The third-order valence-electron chi connectivity index (χ3n) is 4.72. The molecule has 0 heterocycles. The average molecular weight is 399 g/mol. The third kappa shape index (κ3) is 5.09. The maximum Gasteiger partial charge on any atom is 0.221 e. The molecule has 0 fully saturated rings. The van der Waals surface area contributed by atoms with Gasteiger partial charge in [0.1, 0.15) is 0 Å². The average Bonchev–Trinajstić information content (AvgIpc) is 3.08. The number of carbonyl (C=O) groups is 1. The van der Waals surface area contributed by atoms with Gasteiger partial charge in [0.2, 0.25) is 15.9 Å². The Kier molecular flexibility index (Phi) is 6.31. The summed E-state index contributed by atoms with van der Waals surface area (Å²) >= 11 is 0. The second-order valence-corrected chi connectivity index (χ2v) is 8.94. The van der Waals surface area contributed by atoms with Gasteiger partial charge in [-0.1, -0.05) is 49.4 Å². The molecule has 0 bridgehead atoms. The number of allylic oxidation sites excluding steroid dienone is 1. The van der Waals surface area contributed by atoms with Crippen molar-refractivity contribution in [2.45, 2.75) is 39.2 Å². The summed E-state index contributed by atoms with van der Waals surface area (Å²) in [6, 6.07) is 15.6. The molecule has 2 aromatic rings. The highest BCUT2D eigenvalue weighted by Gasteiger charge is 2.24. The van der Waals surface area contributed by atoms with Crippen LogP contribution in [0.15, 0.2) is 54.6 Å². The minimum atomic E-state index is -3.25. The second-order valence-electron chi connectivity index (χ2n) is 7.07. The zero-order valence-corrected chi connectivity index (χ0v) is 17.1. The number of hydrogen-bond donors (Lipinski definition) is 2. The van der Waals surface area contributed by atoms with Crippen LogP contribution in [0.4, 0.5) is 5.69 Å². The van der Waals surface area contributed by atoms with Crippen molar-refractivity contribution in [2.24, 2.45) is 0 Å². The van der Waals surface area contributed by atoms with Gasteiger partial charge in [-0.2, -0.15) is 0 Å². The molecule has 1 aliphatic carbocycles. The van der Waals surface area contributed by atoms with Crippen molar-refractivity contribution in [3.05, 3.63) is 60.2 Å². The number of rotatable bonds is 7. The second kappa shape index (κ2) is 8.71. The van der Waals surface area contributed by atoms with E-state index in [0.717, 1.165) is 40.8 Å². The summed E-state index contributed by atoms with van der Waals surface area (Å²) in [6.45, 7) is 3.35. The van der Waals surface area contributed by atoms with E-state index in [1.807, 2.05) is 55.5 Å². The highest BCUT2D eigenvalue weighted by Crippen LogP contribution is 2.31. The molecular formula is C22H26N2O3S. The molecule has 28 heavy (non-hydrogen) atoms. The summed E-state index contributed by atoms with van der Waals surface area (Å²) in [4.78, 5) is 11.3. The summed E-state index contributed by atoms with van der Waals surface area (Å²) in [5.41, 5.74) is 4.88. The maximum absolute atomic E-state index is 12.1. The molecule has 1 unspecified atom stereocenters. The fraction of sp³-hybridized carbons (Fsp3) is 0.318. The van der Waals surface area contributed by atoms with Crippen LogP contribution in [-0.4, -0.2) is 26.1 Å². The van der Waals surface area contributed by atoms with E-state index in [1.54, 1.807) is 0 Å². The van der Waals surface area contributed by atoms with E-state index in [1.165, 1.54) is 6.92 Å². The van der Waals surface area contributed by atoms with E-state index in [-0.39, 0.29) is 17.7 Å². The molecule has 6 heteroatoms. The molecule has 1 amide bonds. The van der Waals surface area contributed by atoms with E-state index in [0.29, 0.717) is 6.42 Å². The van der Waals surface area contributed by atoms with Crippen molar-refractivity contribution in [3.63, 3.8) is 0 Å². The molecule has 5 nitrogen and oxygen atoms in total. The van der Waals surface area contributed by atoms with Gasteiger partial charge in [0.05, 0.1) is 5.75 Å².